The largest absolute Gasteiger partial charge is 0.491 e. The van der Waals surface area contributed by atoms with Crippen LogP contribution in [0.2, 0.25) is 0 Å². The maximum atomic E-state index is 10.7. The van der Waals surface area contributed by atoms with Crippen LogP contribution in [0.1, 0.15) is 18.4 Å². The lowest BCUT2D eigenvalue weighted by Crippen LogP contribution is -2.61. The Bertz CT molecular complexity index is 492. The van der Waals surface area contributed by atoms with E-state index in [1.807, 2.05) is 0 Å². The van der Waals surface area contributed by atoms with Crippen molar-refractivity contribution >= 4 is 12.4 Å². The lowest BCUT2D eigenvalue weighted by molar-refractivity contribution is -0.131. The summed E-state index contributed by atoms with van der Waals surface area (Å²) in [6.45, 7) is 3.25. The zero-order valence-electron chi connectivity index (χ0n) is 11.3. The van der Waals surface area contributed by atoms with E-state index in [9.17, 15) is 5.11 Å². The topological polar surface area (TPSA) is 56.5 Å². The molecular weight excluding hydrogens is 276 g/mol. The lowest BCUT2D eigenvalue weighted by atomic mass is 9.76. The molecule has 0 aromatic heterocycles. The van der Waals surface area contributed by atoms with E-state index in [-0.39, 0.29) is 12.4 Å². The fraction of sp³-hybridized carbons (Fsp3) is 0.533. The second-order valence-corrected chi connectivity index (χ2v) is 5.58. The van der Waals surface area contributed by atoms with Crippen LogP contribution in [-0.4, -0.2) is 41.8 Å². The molecule has 3 fully saturated rings. The van der Waals surface area contributed by atoms with Crippen molar-refractivity contribution in [2.45, 2.75) is 18.4 Å². The Balaban J connectivity index is 0.00000147. The van der Waals surface area contributed by atoms with Crippen molar-refractivity contribution in [1.82, 2.24) is 4.90 Å². The Morgan fingerprint density at radius 2 is 1.95 bits per heavy atom. The molecule has 4 nitrogen and oxygen atoms in total. The van der Waals surface area contributed by atoms with Crippen LogP contribution in [0, 0.1) is 17.2 Å². The molecule has 1 N–H and O–H groups in total. The van der Waals surface area contributed by atoms with Crippen molar-refractivity contribution in [2.24, 2.45) is 5.92 Å². The van der Waals surface area contributed by atoms with Gasteiger partial charge in [-0.3, -0.25) is 0 Å². The van der Waals surface area contributed by atoms with Gasteiger partial charge in [0.1, 0.15) is 18.0 Å². The van der Waals surface area contributed by atoms with Gasteiger partial charge in [0, 0.05) is 6.54 Å². The van der Waals surface area contributed by atoms with Crippen LogP contribution in [0.5, 0.6) is 5.75 Å². The Hall–Kier alpha value is -1.28. The van der Waals surface area contributed by atoms with E-state index < -0.39 is 5.60 Å². The Morgan fingerprint density at radius 3 is 2.45 bits per heavy atom. The zero-order chi connectivity index (χ0) is 13.3. The first-order valence-electron chi connectivity index (χ1n) is 6.77. The minimum absolute atomic E-state index is 0. The van der Waals surface area contributed by atoms with Gasteiger partial charge in [-0.25, -0.2) is 0 Å². The average Bonchev–Trinajstić information content (AvgIpc) is 2.47. The molecule has 0 spiro atoms. The number of fused-ring (bicyclic) bond motifs is 3. The van der Waals surface area contributed by atoms with Crippen molar-refractivity contribution in [3.8, 4) is 11.8 Å². The van der Waals surface area contributed by atoms with Gasteiger partial charge in [-0.05, 0) is 56.1 Å². The zero-order valence-corrected chi connectivity index (χ0v) is 12.1. The molecule has 4 rings (SSSR count). The van der Waals surface area contributed by atoms with Crippen LogP contribution in [0.4, 0.5) is 0 Å². The van der Waals surface area contributed by atoms with Crippen molar-refractivity contribution in [3.63, 3.8) is 0 Å². The second kappa shape index (κ2) is 6.01. The van der Waals surface area contributed by atoms with E-state index in [2.05, 4.69) is 11.0 Å². The number of aliphatic hydroxyl groups is 1. The van der Waals surface area contributed by atoms with Crippen molar-refractivity contribution < 1.29 is 9.84 Å². The molecule has 0 radical (unpaired) electrons. The van der Waals surface area contributed by atoms with E-state index in [0.717, 1.165) is 25.9 Å². The second-order valence-electron chi connectivity index (χ2n) is 5.58. The molecule has 1 aromatic carbocycles. The Morgan fingerprint density at radius 1 is 1.30 bits per heavy atom. The van der Waals surface area contributed by atoms with E-state index in [0.29, 0.717) is 30.4 Å². The van der Waals surface area contributed by atoms with E-state index >= 15 is 0 Å². The molecule has 3 heterocycles. The molecular formula is C15H19ClN2O2. The molecule has 0 aliphatic carbocycles. The summed E-state index contributed by atoms with van der Waals surface area (Å²) in [5.74, 6) is 1.07. The van der Waals surface area contributed by atoms with Crippen molar-refractivity contribution in [1.29, 1.82) is 5.26 Å². The third kappa shape index (κ3) is 2.90. The van der Waals surface area contributed by atoms with Crippen LogP contribution in [0.15, 0.2) is 24.3 Å². The quantitative estimate of drug-likeness (QED) is 0.924. The summed E-state index contributed by atoms with van der Waals surface area (Å²) in [5.41, 5.74) is -0.0985. The molecule has 5 heteroatoms. The lowest BCUT2D eigenvalue weighted by Gasteiger charge is -2.49. The van der Waals surface area contributed by atoms with Gasteiger partial charge in [-0.1, -0.05) is 0 Å². The van der Waals surface area contributed by atoms with Crippen LogP contribution < -0.4 is 4.74 Å². The highest BCUT2D eigenvalue weighted by molar-refractivity contribution is 5.85. The SMILES string of the molecule is Cl.N#Cc1ccc(OCC2(O)CN3CCC2CC3)cc1. The molecule has 2 bridgehead atoms. The molecule has 3 aliphatic heterocycles. The number of nitrogens with zero attached hydrogens (tertiary/aromatic N) is 2. The predicted molar refractivity (Wildman–Crippen MR) is 78.0 cm³/mol. The van der Waals surface area contributed by atoms with Gasteiger partial charge in [-0.2, -0.15) is 5.26 Å². The van der Waals surface area contributed by atoms with Crippen LogP contribution >= 0.6 is 12.4 Å². The Labute approximate surface area is 125 Å². The van der Waals surface area contributed by atoms with Crippen LogP contribution in [0.3, 0.4) is 0 Å². The number of piperidine rings is 3. The van der Waals surface area contributed by atoms with Gasteiger partial charge < -0.3 is 14.7 Å². The van der Waals surface area contributed by atoms with Gasteiger partial charge >= 0.3 is 0 Å². The number of ether oxygens (including phenoxy) is 1. The Kier molecular flexibility index (Phi) is 4.54. The standard InChI is InChI=1S/C15H18N2O2.ClH/c16-9-12-1-3-14(4-2-12)19-11-15(18)10-17-7-5-13(15)6-8-17;/h1-4,13,18H,5-8,10-11H2;1H. The summed E-state index contributed by atoms with van der Waals surface area (Å²) < 4.78 is 5.71. The van der Waals surface area contributed by atoms with Crippen molar-refractivity contribution in [2.75, 3.05) is 26.2 Å². The van der Waals surface area contributed by atoms with Gasteiger partial charge in [0.15, 0.2) is 0 Å². The summed E-state index contributed by atoms with van der Waals surface area (Å²) in [6, 6.07) is 9.10. The molecule has 0 amide bonds. The first-order valence-corrected chi connectivity index (χ1v) is 6.77. The normalized spacial score (nSPS) is 31.2. The summed E-state index contributed by atoms with van der Waals surface area (Å²) in [7, 11) is 0. The average molecular weight is 295 g/mol. The van der Waals surface area contributed by atoms with Crippen molar-refractivity contribution in [3.05, 3.63) is 29.8 Å². The predicted octanol–water partition coefficient (Wildman–Crippen LogP) is 1.82. The minimum Gasteiger partial charge on any atom is -0.491 e. The maximum absolute atomic E-state index is 10.7. The van der Waals surface area contributed by atoms with Crippen LogP contribution in [-0.2, 0) is 0 Å². The highest BCUT2D eigenvalue weighted by Gasteiger charge is 2.45. The molecule has 1 aromatic rings. The first-order chi connectivity index (χ1) is 9.19. The number of hydrogen-bond acceptors (Lipinski definition) is 4. The molecule has 1 atom stereocenters. The molecule has 3 aliphatic rings. The summed E-state index contributed by atoms with van der Waals surface area (Å²) in [6.07, 6.45) is 2.13. The fourth-order valence-electron chi connectivity index (χ4n) is 3.14. The number of halogens is 1. The maximum Gasteiger partial charge on any atom is 0.119 e. The smallest absolute Gasteiger partial charge is 0.119 e. The summed E-state index contributed by atoms with van der Waals surface area (Å²) in [4.78, 5) is 2.31. The first kappa shape index (κ1) is 15.1. The summed E-state index contributed by atoms with van der Waals surface area (Å²) >= 11 is 0. The fourth-order valence-corrected chi connectivity index (χ4v) is 3.14. The minimum atomic E-state index is -0.718. The number of rotatable bonds is 3. The van der Waals surface area contributed by atoms with Gasteiger partial charge in [0.05, 0.1) is 11.6 Å². The molecule has 108 valence electrons. The monoisotopic (exact) mass is 294 g/mol. The number of hydrogen-bond donors (Lipinski definition) is 1. The third-order valence-corrected chi connectivity index (χ3v) is 4.32. The molecule has 1 unspecified atom stereocenters. The highest BCUT2D eigenvalue weighted by atomic mass is 35.5. The van der Waals surface area contributed by atoms with E-state index in [1.165, 1.54) is 0 Å². The number of benzene rings is 1. The molecule has 20 heavy (non-hydrogen) atoms. The van der Waals surface area contributed by atoms with E-state index in [1.54, 1.807) is 24.3 Å². The van der Waals surface area contributed by atoms with Crippen LogP contribution in [0.25, 0.3) is 0 Å². The highest BCUT2D eigenvalue weighted by Crippen LogP contribution is 2.35. The number of nitriles is 1. The van der Waals surface area contributed by atoms with Gasteiger partial charge in [0.25, 0.3) is 0 Å². The van der Waals surface area contributed by atoms with Gasteiger partial charge in [-0.15, -0.1) is 12.4 Å². The molecule has 3 saturated heterocycles. The van der Waals surface area contributed by atoms with E-state index in [4.69, 9.17) is 10.00 Å². The molecule has 0 saturated carbocycles. The van der Waals surface area contributed by atoms with Gasteiger partial charge in [0.2, 0.25) is 0 Å². The third-order valence-electron chi connectivity index (χ3n) is 4.32. The summed E-state index contributed by atoms with van der Waals surface area (Å²) in [5, 5.41) is 19.4.